The van der Waals surface area contributed by atoms with E-state index in [4.69, 9.17) is 25.8 Å². The van der Waals surface area contributed by atoms with Gasteiger partial charge in [-0.3, -0.25) is 0 Å². The fraction of sp³-hybridized carbons (Fsp3) is 0.368. The number of nitrogens with one attached hydrogen (secondary N) is 1. The maximum atomic E-state index is 6.16. The van der Waals surface area contributed by atoms with Crippen molar-refractivity contribution in [3.05, 3.63) is 52.5 Å². The lowest BCUT2D eigenvalue weighted by Crippen LogP contribution is -2.12. The molecule has 1 N–H and O–H groups in total. The zero-order chi connectivity index (χ0) is 17.4. The maximum Gasteiger partial charge on any atom is 0.121 e. The van der Waals surface area contributed by atoms with E-state index in [9.17, 15) is 0 Å². The van der Waals surface area contributed by atoms with E-state index in [-0.39, 0.29) is 0 Å². The van der Waals surface area contributed by atoms with Crippen molar-refractivity contribution in [3.8, 4) is 11.5 Å². The average molecular weight is 350 g/mol. The number of ether oxygens (including phenoxy) is 3. The first-order chi connectivity index (χ1) is 11.6. The number of methoxy groups -OCH3 is 1. The molecule has 130 valence electrons. The van der Waals surface area contributed by atoms with Crippen molar-refractivity contribution >= 4 is 17.3 Å². The molecule has 0 bridgehead atoms. The van der Waals surface area contributed by atoms with Crippen molar-refractivity contribution in [2.45, 2.75) is 13.8 Å². The topological polar surface area (TPSA) is 39.7 Å². The number of rotatable bonds is 9. The van der Waals surface area contributed by atoms with Crippen molar-refractivity contribution in [1.82, 2.24) is 0 Å². The minimum Gasteiger partial charge on any atom is -0.492 e. The molecule has 0 aliphatic heterocycles. The molecule has 0 unspecified atom stereocenters. The molecular weight excluding hydrogens is 326 g/mol. The number of hydrogen-bond donors (Lipinski definition) is 1. The van der Waals surface area contributed by atoms with Gasteiger partial charge in [-0.15, -0.1) is 0 Å². The Morgan fingerprint density at radius 3 is 2.33 bits per heavy atom. The number of benzene rings is 2. The van der Waals surface area contributed by atoms with Gasteiger partial charge < -0.3 is 19.5 Å². The molecular formula is C19H24ClNO3. The fourth-order valence-corrected chi connectivity index (χ4v) is 2.40. The smallest absolute Gasteiger partial charge is 0.121 e. The predicted molar refractivity (Wildman–Crippen MR) is 98.7 cm³/mol. The van der Waals surface area contributed by atoms with Crippen molar-refractivity contribution < 1.29 is 14.2 Å². The highest BCUT2D eigenvalue weighted by Gasteiger charge is 2.03. The van der Waals surface area contributed by atoms with Crippen LogP contribution in [0.2, 0.25) is 5.02 Å². The third-order valence-electron chi connectivity index (χ3n) is 3.50. The summed E-state index contributed by atoms with van der Waals surface area (Å²) in [5.74, 6) is 1.66. The van der Waals surface area contributed by atoms with E-state index in [0.717, 1.165) is 33.3 Å². The van der Waals surface area contributed by atoms with Crippen LogP contribution in [0.25, 0.3) is 0 Å². The normalized spacial score (nSPS) is 10.5. The third-order valence-corrected chi connectivity index (χ3v) is 4.10. The Morgan fingerprint density at radius 2 is 1.62 bits per heavy atom. The molecule has 0 radical (unpaired) electrons. The highest BCUT2D eigenvalue weighted by Crippen LogP contribution is 2.25. The van der Waals surface area contributed by atoms with Crippen LogP contribution in [-0.4, -0.2) is 33.5 Å². The minimum atomic E-state index is 0.540. The van der Waals surface area contributed by atoms with Gasteiger partial charge >= 0.3 is 0 Å². The Kier molecular flexibility index (Phi) is 7.22. The molecule has 0 fully saturated rings. The lowest BCUT2D eigenvalue weighted by molar-refractivity contribution is 0.146. The summed E-state index contributed by atoms with van der Waals surface area (Å²) in [5.41, 5.74) is 3.05. The molecule has 0 aliphatic rings. The second kappa shape index (κ2) is 9.40. The molecule has 0 spiro atoms. The lowest BCUT2D eigenvalue weighted by Gasteiger charge is -2.12. The van der Waals surface area contributed by atoms with Crippen molar-refractivity contribution in [2.24, 2.45) is 0 Å². The first-order valence-electron chi connectivity index (χ1n) is 7.95. The SMILES string of the molecule is COCCOc1cccc(NCCOc2cc(C)c(Cl)c(C)c2)c1. The van der Waals surface area contributed by atoms with Crippen LogP contribution in [0.5, 0.6) is 11.5 Å². The molecule has 2 aromatic rings. The summed E-state index contributed by atoms with van der Waals surface area (Å²) in [7, 11) is 1.66. The Bertz CT molecular complexity index is 638. The van der Waals surface area contributed by atoms with Crippen LogP contribution in [0.3, 0.4) is 0 Å². The highest BCUT2D eigenvalue weighted by atomic mass is 35.5. The van der Waals surface area contributed by atoms with Crippen LogP contribution in [0.15, 0.2) is 36.4 Å². The quantitative estimate of drug-likeness (QED) is 0.678. The first kappa shape index (κ1) is 18.4. The first-order valence-corrected chi connectivity index (χ1v) is 8.33. The Balaban J connectivity index is 1.79. The fourth-order valence-electron chi connectivity index (χ4n) is 2.29. The summed E-state index contributed by atoms with van der Waals surface area (Å²) in [6, 6.07) is 11.8. The van der Waals surface area contributed by atoms with Gasteiger partial charge in [0.1, 0.15) is 24.7 Å². The Labute approximate surface area is 148 Å². The van der Waals surface area contributed by atoms with Gasteiger partial charge in [-0.2, -0.15) is 0 Å². The number of aryl methyl sites for hydroxylation is 2. The van der Waals surface area contributed by atoms with Gasteiger partial charge in [-0.1, -0.05) is 17.7 Å². The van der Waals surface area contributed by atoms with Crippen molar-refractivity contribution in [1.29, 1.82) is 0 Å². The zero-order valence-corrected chi connectivity index (χ0v) is 15.2. The van der Waals surface area contributed by atoms with E-state index in [1.165, 1.54) is 0 Å². The number of hydrogen-bond acceptors (Lipinski definition) is 4. The molecule has 0 amide bonds. The Hall–Kier alpha value is -1.91. The number of halogens is 1. The van der Waals surface area contributed by atoms with Gasteiger partial charge in [0.15, 0.2) is 0 Å². The van der Waals surface area contributed by atoms with Gasteiger partial charge in [0, 0.05) is 30.4 Å². The molecule has 24 heavy (non-hydrogen) atoms. The van der Waals surface area contributed by atoms with E-state index in [1.54, 1.807) is 7.11 Å². The van der Waals surface area contributed by atoms with E-state index < -0.39 is 0 Å². The largest absolute Gasteiger partial charge is 0.492 e. The summed E-state index contributed by atoms with van der Waals surface area (Å²) in [4.78, 5) is 0. The van der Waals surface area contributed by atoms with Crippen LogP contribution < -0.4 is 14.8 Å². The number of anilines is 1. The zero-order valence-electron chi connectivity index (χ0n) is 14.4. The summed E-state index contributed by atoms with van der Waals surface area (Å²) in [6.45, 7) is 6.34. The third kappa shape index (κ3) is 5.62. The van der Waals surface area contributed by atoms with Crippen LogP contribution in [0.1, 0.15) is 11.1 Å². The van der Waals surface area contributed by atoms with Crippen LogP contribution in [-0.2, 0) is 4.74 Å². The standard InChI is InChI=1S/C19H24ClNO3/c1-14-11-18(12-15(2)19(14)20)23-8-7-21-16-5-4-6-17(13-16)24-10-9-22-3/h4-6,11-13,21H,7-10H2,1-3H3. The molecule has 0 saturated heterocycles. The molecule has 0 saturated carbocycles. The van der Waals surface area contributed by atoms with Crippen LogP contribution in [0.4, 0.5) is 5.69 Å². The lowest BCUT2D eigenvalue weighted by atomic mass is 10.1. The van der Waals surface area contributed by atoms with Gasteiger partial charge in [-0.05, 0) is 49.2 Å². The molecule has 2 aromatic carbocycles. The molecule has 0 heterocycles. The second-order valence-corrected chi connectivity index (χ2v) is 5.89. The second-order valence-electron chi connectivity index (χ2n) is 5.52. The molecule has 0 aliphatic carbocycles. The Morgan fingerprint density at radius 1 is 0.917 bits per heavy atom. The molecule has 4 nitrogen and oxygen atoms in total. The maximum absolute atomic E-state index is 6.16. The molecule has 2 rings (SSSR count). The highest BCUT2D eigenvalue weighted by molar-refractivity contribution is 6.32. The van der Waals surface area contributed by atoms with Gasteiger partial charge in [0.25, 0.3) is 0 Å². The van der Waals surface area contributed by atoms with Crippen molar-refractivity contribution in [3.63, 3.8) is 0 Å². The van der Waals surface area contributed by atoms with Crippen LogP contribution in [0, 0.1) is 13.8 Å². The molecule has 0 aromatic heterocycles. The van der Waals surface area contributed by atoms with E-state index in [2.05, 4.69) is 5.32 Å². The van der Waals surface area contributed by atoms with Gasteiger partial charge in [0.2, 0.25) is 0 Å². The summed E-state index contributed by atoms with van der Waals surface area (Å²) < 4.78 is 16.4. The van der Waals surface area contributed by atoms with Crippen molar-refractivity contribution in [2.75, 3.05) is 38.8 Å². The molecule has 5 heteroatoms. The van der Waals surface area contributed by atoms with E-state index >= 15 is 0 Å². The van der Waals surface area contributed by atoms with E-state index in [0.29, 0.717) is 26.4 Å². The average Bonchev–Trinajstić information content (AvgIpc) is 2.57. The summed E-state index contributed by atoms with van der Waals surface area (Å²) in [6.07, 6.45) is 0. The predicted octanol–water partition coefficient (Wildman–Crippen LogP) is 4.47. The summed E-state index contributed by atoms with van der Waals surface area (Å²) in [5, 5.41) is 4.12. The monoisotopic (exact) mass is 349 g/mol. The minimum absolute atomic E-state index is 0.540. The van der Waals surface area contributed by atoms with E-state index in [1.807, 2.05) is 50.2 Å². The van der Waals surface area contributed by atoms with Gasteiger partial charge in [-0.25, -0.2) is 0 Å². The van der Waals surface area contributed by atoms with Gasteiger partial charge in [0.05, 0.1) is 6.61 Å². The molecule has 0 atom stereocenters. The van der Waals surface area contributed by atoms with Crippen LogP contribution >= 0.6 is 11.6 Å². The summed E-state index contributed by atoms with van der Waals surface area (Å²) >= 11 is 6.16.